The molecule has 1 aliphatic rings. The van der Waals surface area contributed by atoms with Gasteiger partial charge in [-0.2, -0.15) is 0 Å². The molecule has 0 radical (unpaired) electrons. The second kappa shape index (κ2) is 4.66. The van der Waals surface area contributed by atoms with Crippen molar-refractivity contribution in [2.75, 3.05) is 6.61 Å². The van der Waals surface area contributed by atoms with Crippen molar-refractivity contribution in [3.63, 3.8) is 0 Å². The van der Waals surface area contributed by atoms with Gasteiger partial charge in [-0.3, -0.25) is 4.98 Å². The molecule has 17 heavy (non-hydrogen) atoms. The van der Waals surface area contributed by atoms with Gasteiger partial charge in [0, 0.05) is 12.6 Å². The summed E-state index contributed by atoms with van der Waals surface area (Å²) in [6, 6.07) is 3.68. The molecule has 0 bridgehead atoms. The average molecular weight is 252 g/mol. The number of pyridine rings is 1. The average Bonchev–Trinajstić information content (AvgIpc) is 2.28. The summed E-state index contributed by atoms with van der Waals surface area (Å²) in [5.41, 5.74) is 1.50. The largest absolute Gasteiger partial charge is 0.591 e. The van der Waals surface area contributed by atoms with Crippen molar-refractivity contribution in [2.45, 2.75) is 31.9 Å². The Hall–Kier alpha value is -1.07. The molecule has 2 heterocycles. The molecule has 2 rings (SSSR count). The lowest BCUT2D eigenvalue weighted by atomic mass is 10.1. The van der Waals surface area contributed by atoms with Crippen LogP contribution >= 0.6 is 0 Å². The molecule has 0 saturated heterocycles. The smallest absolute Gasteiger partial charge is 0.147 e. The fourth-order valence-corrected chi connectivity index (χ4v) is 2.08. The summed E-state index contributed by atoms with van der Waals surface area (Å²) in [6.45, 7) is 6.29. The highest BCUT2D eigenvalue weighted by Gasteiger charge is 2.29. The molecule has 1 aromatic rings. The normalized spacial score (nSPS) is 19.6. The summed E-state index contributed by atoms with van der Waals surface area (Å²) in [5, 5.41) is 0. The van der Waals surface area contributed by atoms with Crippen LogP contribution in [-0.4, -0.2) is 26.6 Å². The molecular weight excluding hydrogens is 236 g/mol. The van der Waals surface area contributed by atoms with Crippen LogP contribution in [0.2, 0.25) is 0 Å². The molecule has 1 atom stereocenters. The first-order valence-electron chi connectivity index (χ1n) is 5.56. The van der Waals surface area contributed by atoms with Gasteiger partial charge >= 0.3 is 0 Å². The van der Waals surface area contributed by atoms with E-state index in [2.05, 4.69) is 9.38 Å². The predicted molar refractivity (Wildman–Crippen MR) is 68.8 cm³/mol. The van der Waals surface area contributed by atoms with E-state index in [1.807, 2.05) is 32.9 Å². The van der Waals surface area contributed by atoms with Gasteiger partial charge in [0.2, 0.25) is 0 Å². The lowest BCUT2D eigenvalue weighted by Crippen LogP contribution is -2.28. The summed E-state index contributed by atoms with van der Waals surface area (Å²) < 4.78 is 21.4. The van der Waals surface area contributed by atoms with E-state index in [0.29, 0.717) is 13.0 Å². The standard InChI is InChI=1S/C12H16N2O2S/c1-12(2,3)17(15)14-9-6-8-16-10-5-4-7-13-11(9)10/h4-5,7H,6,8H2,1-3H3/t17-/m0/s1. The Bertz CT molecular complexity index is 440. The molecule has 0 N–H and O–H groups in total. The molecule has 0 unspecified atom stereocenters. The number of aromatic nitrogens is 1. The van der Waals surface area contributed by atoms with Gasteiger partial charge in [0.25, 0.3) is 0 Å². The van der Waals surface area contributed by atoms with Gasteiger partial charge in [0.05, 0.1) is 6.61 Å². The maximum absolute atomic E-state index is 12.0. The minimum absolute atomic E-state index is 0.347. The Morgan fingerprint density at radius 1 is 1.47 bits per heavy atom. The summed E-state index contributed by atoms with van der Waals surface area (Å²) in [6.07, 6.45) is 2.36. The zero-order valence-electron chi connectivity index (χ0n) is 10.3. The van der Waals surface area contributed by atoms with Gasteiger partial charge < -0.3 is 9.29 Å². The molecule has 4 nitrogen and oxygen atoms in total. The predicted octanol–water partition coefficient (Wildman–Crippen LogP) is 2.12. The molecule has 5 heteroatoms. The van der Waals surface area contributed by atoms with Crippen molar-refractivity contribution < 1.29 is 9.29 Å². The Balaban J connectivity index is 2.33. The second-order valence-electron chi connectivity index (χ2n) is 4.85. The Labute approximate surface area is 104 Å². The first-order chi connectivity index (χ1) is 7.98. The van der Waals surface area contributed by atoms with Gasteiger partial charge in [-0.15, -0.1) is 0 Å². The zero-order chi connectivity index (χ0) is 12.5. The maximum atomic E-state index is 12.0. The van der Waals surface area contributed by atoms with Crippen molar-refractivity contribution >= 4 is 17.1 Å². The Morgan fingerprint density at radius 3 is 2.94 bits per heavy atom. The van der Waals surface area contributed by atoms with E-state index in [-0.39, 0.29) is 4.75 Å². The first kappa shape index (κ1) is 12.4. The quantitative estimate of drug-likeness (QED) is 0.719. The van der Waals surface area contributed by atoms with Gasteiger partial charge in [0.15, 0.2) is 0 Å². The van der Waals surface area contributed by atoms with Crippen LogP contribution in [0.3, 0.4) is 0 Å². The maximum Gasteiger partial charge on any atom is 0.147 e. The Morgan fingerprint density at radius 2 is 2.24 bits per heavy atom. The lowest BCUT2D eigenvalue weighted by molar-refractivity contribution is 0.318. The van der Waals surface area contributed by atoms with Crippen LogP contribution in [0.25, 0.3) is 0 Å². The summed E-state index contributed by atoms with van der Waals surface area (Å²) in [5.74, 6) is 0.725. The molecule has 0 fully saturated rings. The second-order valence-corrected chi connectivity index (χ2v) is 6.75. The van der Waals surface area contributed by atoms with Crippen molar-refractivity contribution in [1.82, 2.24) is 4.98 Å². The topological polar surface area (TPSA) is 57.5 Å². The number of fused-ring (bicyclic) bond motifs is 1. The third kappa shape index (κ3) is 2.79. The zero-order valence-corrected chi connectivity index (χ0v) is 11.1. The molecule has 1 aliphatic heterocycles. The van der Waals surface area contributed by atoms with E-state index in [4.69, 9.17) is 4.74 Å². The minimum atomic E-state index is -1.25. The van der Waals surface area contributed by atoms with Gasteiger partial charge in [-0.25, -0.2) is 0 Å². The number of nitrogens with zero attached hydrogens (tertiary/aromatic N) is 2. The van der Waals surface area contributed by atoms with E-state index >= 15 is 0 Å². The number of rotatable bonds is 1. The summed E-state index contributed by atoms with van der Waals surface area (Å²) in [7, 11) is 0. The summed E-state index contributed by atoms with van der Waals surface area (Å²) in [4.78, 5) is 4.25. The van der Waals surface area contributed by atoms with Crippen molar-refractivity contribution in [1.29, 1.82) is 0 Å². The van der Waals surface area contributed by atoms with Gasteiger partial charge in [-0.1, -0.05) is 4.40 Å². The number of hydrogen-bond donors (Lipinski definition) is 0. The summed E-state index contributed by atoms with van der Waals surface area (Å²) >= 11 is -1.25. The number of hydrogen-bond acceptors (Lipinski definition) is 4. The van der Waals surface area contributed by atoms with E-state index < -0.39 is 11.4 Å². The highest BCUT2D eigenvalue weighted by atomic mass is 32.2. The highest BCUT2D eigenvalue weighted by molar-refractivity contribution is 7.91. The van der Waals surface area contributed by atoms with Crippen LogP contribution in [0.4, 0.5) is 0 Å². The fourth-order valence-electron chi connectivity index (χ4n) is 1.43. The molecule has 0 spiro atoms. The van der Waals surface area contributed by atoms with Crippen LogP contribution in [-0.2, 0) is 11.4 Å². The molecule has 0 saturated carbocycles. The Kier molecular flexibility index (Phi) is 3.40. The van der Waals surface area contributed by atoms with Gasteiger partial charge in [0.1, 0.15) is 33.3 Å². The molecular formula is C12H16N2O2S. The van der Waals surface area contributed by atoms with Crippen molar-refractivity contribution in [3.05, 3.63) is 24.0 Å². The molecule has 92 valence electrons. The monoisotopic (exact) mass is 252 g/mol. The number of ether oxygens (including phenoxy) is 1. The van der Waals surface area contributed by atoms with Crippen LogP contribution in [0.1, 0.15) is 32.9 Å². The molecule has 0 amide bonds. The van der Waals surface area contributed by atoms with Gasteiger partial charge in [-0.05, 0) is 32.9 Å². The van der Waals surface area contributed by atoms with E-state index in [1.165, 1.54) is 0 Å². The molecule has 0 aliphatic carbocycles. The lowest BCUT2D eigenvalue weighted by Gasteiger charge is -2.21. The van der Waals surface area contributed by atoms with Crippen molar-refractivity contribution in [2.24, 2.45) is 4.40 Å². The van der Waals surface area contributed by atoms with Crippen LogP contribution in [0.5, 0.6) is 5.75 Å². The first-order valence-corrected chi connectivity index (χ1v) is 6.67. The van der Waals surface area contributed by atoms with Crippen molar-refractivity contribution in [3.8, 4) is 5.75 Å². The minimum Gasteiger partial charge on any atom is -0.591 e. The third-order valence-electron chi connectivity index (χ3n) is 2.36. The third-order valence-corrected chi connectivity index (χ3v) is 3.79. The van der Waals surface area contributed by atoms with E-state index in [9.17, 15) is 4.55 Å². The molecule has 0 aromatic carbocycles. The highest BCUT2D eigenvalue weighted by Crippen LogP contribution is 2.25. The SMILES string of the molecule is CC(C)(C)[S@+]([O-])N=C1CCOc2cccnc21. The van der Waals surface area contributed by atoms with E-state index in [0.717, 1.165) is 17.2 Å². The van der Waals surface area contributed by atoms with Crippen LogP contribution in [0, 0.1) is 0 Å². The molecule has 1 aromatic heterocycles. The fraction of sp³-hybridized carbons (Fsp3) is 0.500. The van der Waals surface area contributed by atoms with Crippen LogP contribution < -0.4 is 4.74 Å². The van der Waals surface area contributed by atoms with E-state index in [1.54, 1.807) is 6.20 Å². The van der Waals surface area contributed by atoms with Crippen LogP contribution in [0.15, 0.2) is 22.7 Å².